The van der Waals surface area contributed by atoms with Gasteiger partial charge in [-0.1, -0.05) is 17.3 Å². The van der Waals surface area contributed by atoms with E-state index in [1.54, 1.807) is 34.0 Å². The molecule has 1 saturated heterocycles. The molecule has 1 aromatic carbocycles. The van der Waals surface area contributed by atoms with Crippen molar-refractivity contribution in [2.24, 2.45) is 7.05 Å². The van der Waals surface area contributed by atoms with E-state index in [0.717, 1.165) is 36.1 Å². The molecule has 1 aliphatic rings. The number of carbonyl (C=O) groups is 1. The van der Waals surface area contributed by atoms with Gasteiger partial charge in [0.05, 0.1) is 11.9 Å². The molecule has 1 atom stereocenters. The van der Waals surface area contributed by atoms with Crippen LogP contribution in [0, 0.1) is 12.7 Å². The molecular formula is C24H24FN5O3. The van der Waals surface area contributed by atoms with Gasteiger partial charge in [0, 0.05) is 37.8 Å². The number of rotatable bonds is 5. The van der Waals surface area contributed by atoms with Crippen LogP contribution in [0.3, 0.4) is 0 Å². The number of likely N-dealkylation sites (tertiary alicyclic amines) is 1. The molecule has 0 saturated carbocycles. The summed E-state index contributed by atoms with van der Waals surface area (Å²) in [6, 6.07) is 7.67. The van der Waals surface area contributed by atoms with Gasteiger partial charge in [0.1, 0.15) is 23.3 Å². The minimum absolute atomic E-state index is 0.179. The molecule has 33 heavy (non-hydrogen) atoms. The van der Waals surface area contributed by atoms with Crippen LogP contribution in [0.4, 0.5) is 4.39 Å². The summed E-state index contributed by atoms with van der Waals surface area (Å²) in [6.45, 7) is 2.47. The molecule has 0 bridgehead atoms. The Morgan fingerprint density at radius 3 is 2.82 bits per heavy atom. The lowest BCUT2D eigenvalue weighted by molar-refractivity contribution is 0.0528. The second-order valence-electron chi connectivity index (χ2n) is 8.36. The fourth-order valence-electron chi connectivity index (χ4n) is 4.29. The van der Waals surface area contributed by atoms with Gasteiger partial charge in [0.15, 0.2) is 0 Å². The Bertz CT molecular complexity index is 1270. The summed E-state index contributed by atoms with van der Waals surface area (Å²) in [7, 11) is 1.83. The summed E-state index contributed by atoms with van der Waals surface area (Å²) in [5, 5.41) is 8.41. The zero-order chi connectivity index (χ0) is 22.9. The molecule has 170 valence electrons. The second-order valence-corrected chi connectivity index (χ2v) is 8.36. The molecular weight excluding hydrogens is 425 g/mol. The average molecular weight is 449 g/mol. The number of piperidine rings is 1. The van der Waals surface area contributed by atoms with E-state index in [1.807, 2.05) is 20.2 Å². The molecule has 4 heterocycles. The van der Waals surface area contributed by atoms with Crippen LogP contribution in [0.25, 0.3) is 11.3 Å². The third kappa shape index (κ3) is 4.30. The van der Waals surface area contributed by atoms with Gasteiger partial charge < -0.3 is 13.8 Å². The van der Waals surface area contributed by atoms with Crippen LogP contribution in [0.5, 0.6) is 0 Å². The van der Waals surface area contributed by atoms with Crippen LogP contribution < -0.4 is 0 Å². The van der Waals surface area contributed by atoms with E-state index >= 15 is 0 Å². The predicted octanol–water partition coefficient (Wildman–Crippen LogP) is 4.47. The number of hydrogen-bond donors (Lipinski definition) is 0. The summed E-state index contributed by atoms with van der Waals surface area (Å²) in [4.78, 5) is 19.5. The first kappa shape index (κ1) is 21.1. The lowest BCUT2D eigenvalue weighted by atomic mass is 10.0. The van der Waals surface area contributed by atoms with Crippen molar-refractivity contribution < 1.29 is 18.1 Å². The Morgan fingerprint density at radius 2 is 2.06 bits per heavy atom. The van der Waals surface area contributed by atoms with Gasteiger partial charge in [0.25, 0.3) is 5.91 Å². The van der Waals surface area contributed by atoms with Crippen molar-refractivity contribution in [2.75, 3.05) is 6.54 Å². The van der Waals surface area contributed by atoms with Crippen molar-refractivity contribution in [2.45, 2.75) is 38.6 Å². The Morgan fingerprint density at radius 1 is 1.24 bits per heavy atom. The van der Waals surface area contributed by atoms with E-state index in [9.17, 15) is 9.18 Å². The number of halogens is 1. The van der Waals surface area contributed by atoms with E-state index < -0.39 is 0 Å². The molecule has 1 fully saturated rings. The Balaban J connectivity index is 1.35. The second kappa shape index (κ2) is 8.65. The first-order chi connectivity index (χ1) is 16.0. The first-order valence-electron chi connectivity index (χ1n) is 11.0. The van der Waals surface area contributed by atoms with Crippen LogP contribution in [0.1, 0.15) is 58.8 Å². The summed E-state index contributed by atoms with van der Waals surface area (Å²) < 4.78 is 26.3. The molecule has 4 aromatic rings. The summed E-state index contributed by atoms with van der Waals surface area (Å²) >= 11 is 0. The van der Waals surface area contributed by atoms with Crippen LogP contribution >= 0.6 is 0 Å². The van der Waals surface area contributed by atoms with Crippen molar-refractivity contribution >= 4 is 5.91 Å². The standard InChI is InChI=1S/C24H24FN5O3/c1-15-19(14-29(2)27-15)20-12-22(33-28-20)24(31)30-10-4-3-5-21(30)23-26-13-18(32-23)11-16-6-8-17(25)9-7-16/h6-9,12-14,21H,3-5,10-11H2,1-2H3/t21-/m0/s1. The van der Waals surface area contributed by atoms with Gasteiger partial charge in [0.2, 0.25) is 11.7 Å². The first-order valence-corrected chi connectivity index (χ1v) is 11.0. The Labute approximate surface area is 190 Å². The number of aromatic nitrogens is 4. The van der Waals surface area contributed by atoms with Crippen molar-refractivity contribution in [3.05, 3.63) is 77.2 Å². The summed E-state index contributed by atoms with van der Waals surface area (Å²) in [6.07, 6.45) is 6.65. The number of hydrogen-bond acceptors (Lipinski definition) is 6. The number of benzene rings is 1. The van der Waals surface area contributed by atoms with Gasteiger partial charge >= 0.3 is 0 Å². The number of oxazole rings is 1. The Hall–Kier alpha value is -3.75. The largest absolute Gasteiger partial charge is 0.443 e. The van der Waals surface area contributed by atoms with E-state index in [2.05, 4.69) is 15.2 Å². The molecule has 9 heteroatoms. The van der Waals surface area contributed by atoms with Crippen molar-refractivity contribution in [1.82, 2.24) is 24.8 Å². The minimum atomic E-state index is -0.276. The highest BCUT2D eigenvalue weighted by Crippen LogP contribution is 2.33. The molecule has 1 amide bonds. The van der Waals surface area contributed by atoms with Crippen LogP contribution in [-0.2, 0) is 13.5 Å². The summed E-state index contributed by atoms with van der Waals surface area (Å²) in [5.74, 6) is 0.839. The number of aryl methyl sites for hydroxylation is 2. The van der Waals surface area contributed by atoms with Gasteiger partial charge in [-0.2, -0.15) is 5.10 Å². The predicted molar refractivity (Wildman–Crippen MR) is 117 cm³/mol. The molecule has 3 aromatic heterocycles. The van der Waals surface area contributed by atoms with E-state index in [-0.39, 0.29) is 23.5 Å². The highest BCUT2D eigenvalue weighted by atomic mass is 19.1. The summed E-state index contributed by atoms with van der Waals surface area (Å²) in [5.41, 5.74) is 3.15. The van der Waals surface area contributed by atoms with Crippen LogP contribution in [0.15, 0.2) is 51.7 Å². The van der Waals surface area contributed by atoms with Gasteiger partial charge in [-0.3, -0.25) is 9.48 Å². The maximum Gasteiger partial charge on any atom is 0.293 e. The highest BCUT2D eigenvalue weighted by molar-refractivity contribution is 5.92. The maximum absolute atomic E-state index is 13.3. The number of carbonyl (C=O) groups excluding carboxylic acids is 1. The van der Waals surface area contributed by atoms with Crippen molar-refractivity contribution in [3.8, 4) is 11.3 Å². The van der Waals surface area contributed by atoms with Gasteiger partial charge in [-0.15, -0.1) is 0 Å². The number of amides is 1. The minimum Gasteiger partial charge on any atom is -0.443 e. The fraction of sp³-hybridized carbons (Fsp3) is 0.333. The average Bonchev–Trinajstić information content (AvgIpc) is 3.55. The molecule has 5 rings (SSSR count). The van der Waals surface area contributed by atoms with E-state index in [0.29, 0.717) is 30.3 Å². The molecule has 0 aliphatic carbocycles. The smallest absolute Gasteiger partial charge is 0.293 e. The lowest BCUT2D eigenvalue weighted by Gasteiger charge is -2.32. The number of nitrogens with zero attached hydrogens (tertiary/aromatic N) is 5. The molecule has 8 nitrogen and oxygen atoms in total. The van der Waals surface area contributed by atoms with Gasteiger partial charge in [-0.05, 0) is 43.9 Å². The Kier molecular flexibility index (Phi) is 5.53. The molecule has 0 radical (unpaired) electrons. The van der Waals surface area contributed by atoms with Crippen molar-refractivity contribution in [1.29, 1.82) is 0 Å². The monoisotopic (exact) mass is 449 g/mol. The highest BCUT2D eigenvalue weighted by Gasteiger charge is 2.34. The lowest BCUT2D eigenvalue weighted by Crippen LogP contribution is -2.38. The fourth-order valence-corrected chi connectivity index (χ4v) is 4.29. The zero-order valence-electron chi connectivity index (χ0n) is 18.5. The third-order valence-corrected chi connectivity index (χ3v) is 5.92. The molecule has 0 unspecified atom stereocenters. The zero-order valence-corrected chi connectivity index (χ0v) is 18.5. The van der Waals surface area contributed by atoms with Gasteiger partial charge in [-0.25, -0.2) is 9.37 Å². The van der Waals surface area contributed by atoms with E-state index in [4.69, 9.17) is 8.94 Å². The topological polar surface area (TPSA) is 90.2 Å². The van der Waals surface area contributed by atoms with Crippen LogP contribution in [0.2, 0.25) is 0 Å². The SMILES string of the molecule is Cc1nn(C)cc1-c1cc(C(=O)N2CCCC[C@H]2c2ncc(Cc3ccc(F)cc3)o2)on1. The third-order valence-electron chi connectivity index (χ3n) is 5.92. The quantitative estimate of drug-likeness (QED) is 0.447. The molecule has 0 N–H and O–H groups in total. The van der Waals surface area contributed by atoms with Crippen molar-refractivity contribution in [3.63, 3.8) is 0 Å². The maximum atomic E-state index is 13.3. The van der Waals surface area contributed by atoms with Crippen LogP contribution in [-0.4, -0.2) is 37.3 Å². The normalized spacial score (nSPS) is 16.3. The van der Waals surface area contributed by atoms with E-state index in [1.165, 1.54) is 12.1 Å². The molecule has 1 aliphatic heterocycles. The molecule has 0 spiro atoms.